The van der Waals surface area contributed by atoms with Crippen molar-refractivity contribution >= 4 is 0 Å². The van der Waals surface area contributed by atoms with E-state index in [1.807, 2.05) is 0 Å². The van der Waals surface area contributed by atoms with Gasteiger partial charge < -0.3 is 0 Å². The summed E-state index contributed by atoms with van der Waals surface area (Å²) < 4.78 is 0. The molecule has 0 heteroatoms. The van der Waals surface area contributed by atoms with Crippen LogP contribution in [0.3, 0.4) is 0 Å². The SMILES string of the molecule is CCC(C)/C=C1/CCC(C)C1. The topological polar surface area (TPSA) is 0 Å². The Kier molecular flexibility index (Phi) is 3.16. The maximum absolute atomic E-state index is 2.49. The third kappa shape index (κ3) is 2.69. The van der Waals surface area contributed by atoms with Gasteiger partial charge in [-0.15, -0.1) is 0 Å². The fourth-order valence-corrected chi connectivity index (χ4v) is 1.76. The molecule has 0 radical (unpaired) electrons. The van der Waals surface area contributed by atoms with Gasteiger partial charge in [-0.05, 0) is 31.1 Å². The molecule has 0 aromatic rings. The van der Waals surface area contributed by atoms with E-state index in [1.54, 1.807) is 5.57 Å². The van der Waals surface area contributed by atoms with Crippen molar-refractivity contribution in [1.29, 1.82) is 0 Å². The highest BCUT2D eigenvalue weighted by Crippen LogP contribution is 2.30. The Balaban J connectivity index is 2.41. The summed E-state index contributed by atoms with van der Waals surface area (Å²) in [5.41, 5.74) is 1.71. The van der Waals surface area contributed by atoms with Crippen LogP contribution in [-0.4, -0.2) is 0 Å². The molecular weight excluding hydrogens is 132 g/mol. The van der Waals surface area contributed by atoms with Crippen LogP contribution in [0.15, 0.2) is 11.6 Å². The molecule has 1 aliphatic rings. The lowest BCUT2D eigenvalue weighted by Crippen LogP contribution is -1.88. The number of allylic oxidation sites excluding steroid dienone is 2. The van der Waals surface area contributed by atoms with Crippen LogP contribution < -0.4 is 0 Å². The minimum Gasteiger partial charge on any atom is -0.0825 e. The molecule has 0 amide bonds. The first kappa shape index (κ1) is 8.83. The molecule has 11 heavy (non-hydrogen) atoms. The Morgan fingerprint density at radius 3 is 2.82 bits per heavy atom. The van der Waals surface area contributed by atoms with Crippen LogP contribution in [0, 0.1) is 11.8 Å². The molecule has 1 aliphatic carbocycles. The van der Waals surface area contributed by atoms with E-state index in [1.165, 1.54) is 25.7 Å². The van der Waals surface area contributed by atoms with Crippen molar-refractivity contribution < 1.29 is 0 Å². The summed E-state index contributed by atoms with van der Waals surface area (Å²) in [4.78, 5) is 0. The second kappa shape index (κ2) is 3.94. The summed E-state index contributed by atoms with van der Waals surface area (Å²) in [6, 6.07) is 0. The maximum Gasteiger partial charge on any atom is -0.0262 e. The molecule has 0 aromatic carbocycles. The second-order valence-corrected chi connectivity index (χ2v) is 4.06. The first-order chi connectivity index (χ1) is 5.22. The average Bonchev–Trinajstić information content (AvgIpc) is 2.35. The molecule has 0 N–H and O–H groups in total. The smallest absolute Gasteiger partial charge is 0.0262 e. The molecule has 0 aromatic heterocycles. The highest BCUT2D eigenvalue weighted by molar-refractivity contribution is 5.08. The van der Waals surface area contributed by atoms with Gasteiger partial charge in [0.05, 0.1) is 0 Å². The minimum atomic E-state index is 0.801. The maximum atomic E-state index is 2.49. The van der Waals surface area contributed by atoms with Crippen molar-refractivity contribution in [2.24, 2.45) is 11.8 Å². The van der Waals surface area contributed by atoms with E-state index in [0.29, 0.717) is 0 Å². The lowest BCUT2D eigenvalue weighted by Gasteiger charge is -2.03. The van der Waals surface area contributed by atoms with E-state index < -0.39 is 0 Å². The van der Waals surface area contributed by atoms with Crippen LogP contribution in [0.4, 0.5) is 0 Å². The fraction of sp³-hybridized carbons (Fsp3) is 0.818. The van der Waals surface area contributed by atoms with Crippen LogP contribution >= 0.6 is 0 Å². The molecule has 0 bridgehead atoms. The molecular formula is C11H20. The lowest BCUT2D eigenvalue weighted by atomic mass is 10.0. The van der Waals surface area contributed by atoms with Gasteiger partial charge >= 0.3 is 0 Å². The molecule has 2 atom stereocenters. The molecule has 0 heterocycles. The van der Waals surface area contributed by atoms with Crippen LogP contribution in [0.1, 0.15) is 46.5 Å². The molecule has 0 saturated heterocycles. The third-order valence-electron chi connectivity index (χ3n) is 2.73. The summed E-state index contributed by atoms with van der Waals surface area (Å²) in [7, 11) is 0. The highest BCUT2D eigenvalue weighted by Gasteiger charge is 2.14. The molecule has 2 unspecified atom stereocenters. The Morgan fingerprint density at radius 1 is 1.64 bits per heavy atom. The van der Waals surface area contributed by atoms with Crippen LogP contribution in [0.25, 0.3) is 0 Å². The van der Waals surface area contributed by atoms with Gasteiger partial charge in [0.25, 0.3) is 0 Å². The Bertz CT molecular complexity index is 144. The van der Waals surface area contributed by atoms with Gasteiger partial charge in [0.1, 0.15) is 0 Å². The van der Waals surface area contributed by atoms with Crippen molar-refractivity contribution in [3.63, 3.8) is 0 Å². The first-order valence-electron chi connectivity index (χ1n) is 4.92. The predicted molar refractivity (Wildman–Crippen MR) is 50.6 cm³/mol. The van der Waals surface area contributed by atoms with Gasteiger partial charge in [0, 0.05) is 0 Å². The monoisotopic (exact) mass is 152 g/mol. The van der Waals surface area contributed by atoms with Crippen molar-refractivity contribution in [2.75, 3.05) is 0 Å². The van der Waals surface area contributed by atoms with E-state index in [4.69, 9.17) is 0 Å². The third-order valence-corrected chi connectivity index (χ3v) is 2.73. The Morgan fingerprint density at radius 2 is 2.36 bits per heavy atom. The summed E-state index contributed by atoms with van der Waals surface area (Å²) in [6.07, 6.45) is 7.93. The largest absolute Gasteiger partial charge is 0.0825 e. The van der Waals surface area contributed by atoms with Gasteiger partial charge in [-0.1, -0.05) is 38.8 Å². The minimum absolute atomic E-state index is 0.801. The standard InChI is InChI=1S/C11H20/c1-4-9(2)7-11-6-5-10(3)8-11/h7,9-10H,4-6,8H2,1-3H3/b11-7-. The van der Waals surface area contributed by atoms with Crippen molar-refractivity contribution in [3.05, 3.63) is 11.6 Å². The normalized spacial score (nSPS) is 31.2. The second-order valence-electron chi connectivity index (χ2n) is 4.06. The molecule has 0 nitrogen and oxygen atoms in total. The zero-order valence-electron chi connectivity index (χ0n) is 8.06. The van der Waals surface area contributed by atoms with E-state index in [-0.39, 0.29) is 0 Å². The fourth-order valence-electron chi connectivity index (χ4n) is 1.76. The van der Waals surface area contributed by atoms with Crippen LogP contribution in [0.2, 0.25) is 0 Å². The number of hydrogen-bond donors (Lipinski definition) is 0. The first-order valence-corrected chi connectivity index (χ1v) is 4.92. The molecule has 0 aliphatic heterocycles. The average molecular weight is 152 g/mol. The molecule has 1 fully saturated rings. The Labute approximate surface area is 70.7 Å². The van der Waals surface area contributed by atoms with Gasteiger partial charge in [-0.2, -0.15) is 0 Å². The van der Waals surface area contributed by atoms with E-state index in [9.17, 15) is 0 Å². The number of hydrogen-bond acceptors (Lipinski definition) is 0. The van der Waals surface area contributed by atoms with Gasteiger partial charge in [-0.3, -0.25) is 0 Å². The van der Waals surface area contributed by atoms with Gasteiger partial charge in [0.2, 0.25) is 0 Å². The predicted octanol–water partition coefficient (Wildman–Crippen LogP) is 3.78. The van der Waals surface area contributed by atoms with Crippen molar-refractivity contribution in [3.8, 4) is 0 Å². The van der Waals surface area contributed by atoms with Crippen LogP contribution in [-0.2, 0) is 0 Å². The lowest BCUT2D eigenvalue weighted by molar-refractivity contribution is 0.619. The van der Waals surface area contributed by atoms with Crippen LogP contribution in [0.5, 0.6) is 0 Å². The molecule has 64 valence electrons. The molecule has 0 spiro atoms. The molecule has 1 rings (SSSR count). The number of rotatable bonds is 2. The quantitative estimate of drug-likeness (QED) is 0.528. The van der Waals surface area contributed by atoms with Gasteiger partial charge in [0.15, 0.2) is 0 Å². The summed E-state index contributed by atoms with van der Waals surface area (Å²) in [6.45, 7) is 6.94. The van der Waals surface area contributed by atoms with Gasteiger partial charge in [-0.25, -0.2) is 0 Å². The summed E-state index contributed by atoms with van der Waals surface area (Å²) >= 11 is 0. The summed E-state index contributed by atoms with van der Waals surface area (Å²) in [5.74, 6) is 1.75. The zero-order valence-corrected chi connectivity index (χ0v) is 8.06. The van der Waals surface area contributed by atoms with Crippen molar-refractivity contribution in [2.45, 2.75) is 46.5 Å². The zero-order chi connectivity index (χ0) is 8.27. The van der Waals surface area contributed by atoms with E-state index in [0.717, 1.165) is 11.8 Å². The van der Waals surface area contributed by atoms with E-state index in [2.05, 4.69) is 26.8 Å². The molecule has 1 saturated carbocycles. The summed E-state index contributed by atoms with van der Waals surface area (Å²) in [5, 5.41) is 0. The van der Waals surface area contributed by atoms with E-state index >= 15 is 0 Å². The van der Waals surface area contributed by atoms with Crippen molar-refractivity contribution in [1.82, 2.24) is 0 Å². The Hall–Kier alpha value is -0.260. The highest BCUT2D eigenvalue weighted by atomic mass is 14.2.